The van der Waals surface area contributed by atoms with Crippen LogP contribution in [0.3, 0.4) is 0 Å². The molecule has 156 valence electrons. The minimum absolute atomic E-state index is 0.371. The monoisotopic (exact) mass is 417 g/mol. The highest BCUT2D eigenvalue weighted by molar-refractivity contribution is 6.10. The lowest BCUT2D eigenvalue weighted by molar-refractivity contribution is -0.134. The summed E-state index contributed by atoms with van der Waals surface area (Å²) >= 11 is 0. The molecule has 5 rings (SSSR count). The van der Waals surface area contributed by atoms with E-state index in [1.807, 2.05) is 24.3 Å². The molecule has 2 N–H and O–H groups in total. The molecule has 3 aromatic rings. The van der Waals surface area contributed by atoms with E-state index in [-0.39, 0.29) is 12.5 Å². The van der Waals surface area contributed by atoms with Crippen molar-refractivity contribution in [2.24, 2.45) is 0 Å². The number of imide groups is 1. The fourth-order valence-electron chi connectivity index (χ4n) is 4.30. The number of benzene rings is 2. The van der Waals surface area contributed by atoms with E-state index in [9.17, 15) is 14.4 Å². The van der Waals surface area contributed by atoms with Gasteiger partial charge in [0.2, 0.25) is 5.91 Å². The zero-order chi connectivity index (χ0) is 21.4. The number of hydrogen-bond acceptors (Lipinski definition) is 6. The van der Waals surface area contributed by atoms with E-state index < -0.39 is 17.5 Å². The molecular formula is C21H19N7O3. The van der Waals surface area contributed by atoms with Crippen molar-refractivity contribution in [1.29, 1.82) is 0 Å². The number of amides is 4. The summed E-state index contributed by atoms with van der Waals surface area (Å²) in [7, 11) is 0. The van der Waals surface area contributed by atoms with Gasteiger partial charge in [0.25, 0.3) is 5.91 Å². The number of hydrogen-bond donors (Lipinski definition) is 2. The van der Waals surface area contributed by atoms with E-state index >= 15 is 0 Å². The van der Waals surface area contributed by atoms with Gasteiger partial charge >= 0.3 is 6.03 Å². The first kappa shape index (κ1) is 18.9. The van der Waals surface area contributed by atoms with Crippen LogP contribution in [0.15, 0.2) is 54.9 Å². The van der Waals surface area contributed by atoms with Crippen LogP contribution >= 0.6 is 0 Å². The summed E-state index contributed by atoms with van der Waals surface area (Å²) in [4.78, 5) is 39.6. The van der Waals surface area contributed by atoms with Crippen molar-refractivity contribution < 1.29 is 14.4 Å². The summed E-state index contributed by atoms with van der Waals surface area (Å²) in [5.74, 6) is -0.860. The molecule has 4 amide bonds. The molecule has 0 radical (unpaired) electrons. The molecule has 2 aromatic carbocycles. The summed E-state index contributed by atoms with van der Waals surface area (Å²) in [6.07, 6.45) is 3.60. The topological polar surface area (TPSA) is 122 Å². The van der Waals surface area contributed by atoms with Gasteiger partial charge < -0.3 is 10.6 Å². The summed E-state index contributed by atoms with van der Waals surface area (Å²) in [6.45, 7) is -0.371. The van der Waals surface area contributed by atoms with Crippen LogP contribution in [0.1, 0.15) is 24.0 Å². The van der Waals surface area contributed by atoms with Gasteiger partial charge in [-0.3, -0.25) is 14.5 Å². The largest absolute Gasteiger partial charge is 0.325 e. The quantitative estimate of drug-likeness (QED) is 0.619. The Labute approximate surface area is 177 Å². The Morgan fingerprint density at radius 2 is 2.03 bits per heavy atom. The first-order valence-electron chi connectivity index (χ1n) is 9.93. The van der Waals surface area contributed by atoms with E-state index in [0.717, 1.165) is 28.9 Å². The highest BCUT2D eigenvalue weighted by atomic mass is 16.2. The van der Waals surface area contributed by atoms with Crippen LogP contribution in [0, 0.1) is 0 Å². The molecule has 10 nitrogen and oxygen atoms in total. The number of aromatic nitrogens is 4. The number of fused-ring (bicyclic) bond motifs is 2. The smallest absolute Gasteiger partial charge is 0.324 e. The molecule has 1 saturated heterocycles. The first-order chi connectivity index (χ1) is 15.1. The number of nitrogens with one attached hydrogen (secondary N) is 2. The lowest BCUT2D eigenvalue weighted by Gasteiger charge is -2.33. The maximum absolute atomic E-state index is 13.3. The molecule has 31 heavy (non-hydrogen) atoms. The lowest BCUT2D eigenvalue weighted by Crippen LogP contribution is -2.47. The van der Waals surface area contributed by atoms with Gasteiger partial charge in [0.05, 0.1) is 5.69 Å². The highest BCUT2D eigenvalue weighted by Crippen LogP contribution is 2.39. The molecule has 0 unspecified atom stereocenters. The minimum Gasteiger partial charge on any atom is -0.324 e. The summed E-state index contributed by atoms with van der Waals surface area (Å²) in [5, 5.41) is 16.6. The maximum atomic E-state index is 13.3. The molecule has 1 atom stereocenters. The number of tetrazole rings is 1. The van der Waals surface area contributed by atoms with E-state index in [2.05, 4.69) is 26.2 Å². The Hall–Kier alpha value is -4.08. The molecule has 1 aromatic heterocycles. The van der Waals surface area contributed by atoms with Gasteiger partial charge in [-0.15, -0.1) is 5.10 Å². The number of nitrogens with zero attached hydrogens (tertiary/aromatic N) is 5. The van der Waals surface area contributed by atoms with Crippen LogP contribution in [0.25, 0.3) is 5.69 Å². The molecule has 1 fully saturated rings. The maximum Gasteiger partial charge on any atom is 0.325 e. The van der Waals surface area contributed by atoms with Gasteiger partial charge in [-0.2, -0.15) is 0 Å². The third-order valence-corrected chi connectivity index (χ3v) is 5.70. The van der Waals surface area contributed by atoms with Crippen molar-refractivity contribution >= 4 is 23.5 Å². The second-order valence-electron chi connectivity index (χ2n) is 7.59. The van der Waals surface area contributed by atoms with Crippen molar-refractivity contribution in [3.05, 3.63) is 66.0 Å². The average molecular weight is 417 g/mol. The van der Waals surface area contributed by atoms with E-state index in [4.69, 9.17) is 0 Å². The van der Waals surface area contributed by atoms with Crippen LogP contribution < -0.4 is 10.6 Å². The molecule has 2 aliphatic rings. The zero-order valence-electron chi connectivity index (χ0n) is 16.5. The fraction of sp³-hybridized carbons (Fsp3) is 0.238. The molecule has 10 heteroatoms. The molecule has 2 heterocycles. The van der Waals surface area contributed by atoms with Crippen molar-refractivity contribution in [2.45, 2.75) is 24.8 Å². The second-order valence-corrected chi connectivity index (χ2v) is 7.59. The number of aryl methyl sites for hydroxylation is 1. The standard InChI is InChI=1S/C21H19N7O3/c29-18(23-15-7-3-8-16(11-15)28-13-22-25-26-28)12-27-19(30)21(24-20(27)31)10-4-6-14-5-1-2-9-17(14)21/h1-3,5,7-9,11,13H,4,6,10,12H2,(H,23,29)(H,24,31)/t21-/m1/s1. The Morgan fingerprint density at radius 1 is 1.16 bits per heavy atom. The number of rotatable bonds is 4. The number of carbonyl (C=O) groups excluding carboxylic acids is 3. The molecule has 0 bridgehead atoms. The van der Waals surface area contributed by atoms with Crippen molar-refractivity contribution in [3.63, 3.8) is 0 Å². The zero-order valence-corrected chi connectivity index (χ0v) is 16.5. The lowest BCUT2D eigenvalue weighted by atomic mass is 9.76. The molecular weight excluding hydrogens is 398 g/mol. The minimum atomic E-state index is -1.09. The Kier molecular flexibility index (Phi) is 4.46. The Bertz CT molecular complexity index is 1180. The van der Waals surface area contributed by atoms with Gasteiger partial charge in [-0.05, 0) is 59.0 Å². The van der Waals surface area contributed by atoms with Gasteiger partial charge in [0.15, 0.2) is 0 Å². The van der Waals surface area contributed by atoms with Crippen molar-refractivity contribution in [1.82, 2.24) is 30.4 Å². The average Bonchev–Trinajstić information content (AvgIpc) is 3.39. The number of carbonyl (C=O) groups is 3. The third kappa shape index (κ3) is 3.21. The van der Waals surface area contributed by atoms with E-state index in [1.54, 1.807) is 24.3 Å². The van der Waals surface area contributed by atoms with Gasteiger partial charge in [-0.1, -0.05) is 30.3 Å². The predicted molar refractivity (Wildman–Crippen MR) is 109 cm³/mol. The van der Waals surface area contributed by atoms with Crippen LogP contribution in [-0.2, 0) is 21.5 Å². The first-order valence-corrected chi connectivity index (χ1v) is 9.93. The molecule has 1 spiro atoms. The third-order valence-electron chi connectivity index (χ3n) is 5.70. The van der Waals surface area contributed by atoms with E-state index in [1.165, 1.54) is 11.0 Å². The Balaban J connectivity index is 1.33. The molecule has 0 saturated carbocycles. The van der Waals surface area contributed by atoms with Crippen molar-refractivity contribution in [2.75, 3.05) is 11.9 Å². The normalized spacial score (nSPS) is 19.9. The van der Waals surface area contributed by atoms with Crippen LogP contribution in [0.4, 0.5) is 10.5 Å². The summed E-state index contributed by atoms with van der Waals surface area (Å²) in [6, 6.07) is 14.0. The number of anilines is 1. The summed E-state index contributed by atoms with van der Waals surface area (Å²) in [5.41, 5.74) is 1.94. The highest BCUT2D eigenvalue weighted by Gasteiger charge is 2.54. The summed E-state index contributed by atoms with van der Waals surface area (Å²) < 4.78 is 1.46. The van der Waals surface area contributed by atoms with Crippen LogP contribution in [0.2, 0.25) is 0 Å². The number of urea groups is 1. The van der Waals surface area contributed by atoms with Crippen LogP contribution in [-0.4, -0.2) is 49.5 Å². The van der Waals surface area contributed by atoms with Gasteiger partial charge in [0, 0.05) is 5.69 Å². The van der Waals surface area contributed by atoms with Gasteiger partial charge in [-0.25, -0.2) is 9.48 Å². The second kappa shape index (κ2) is 7.31. The van der Waals surface area contributed by atoms with Crippen LogP contribution in [0.5, 0.6) is 0 Å². The fourth-order valence-corrected chi connectivity index (χ4v) is 4.30. The molecule has 1 aliphatic carbocycles. The SMILES string of the molecule is O=C(CN1C(=O)N[C@@]2(CCCc3ccccc32)C1=O)Nc1cccc(-n2cnnn2)c1. The van der Waals surface area contributed by atoms with E-state index in [0.29, 0.717) is 17.8 Å². The van der Waals surface area contributed by atoms with Crippen molar-refractivity contribution in [3.8, 4) is 5.69 Å². The molecule has 1 aliphatic heterocycles. The predicted octanol–water partition coefficient (Wildman–Crippen LogP) is 1.38. The van der Waals surface area contributed by atoms with Gasteiger partial charge in [0.1, 0.15) is 18.4 Å². The Morgan fingerprint density at radius 3 is 2.87 bits per heavy atom.